The van der Waals surface area contributed by atoms with E-state index < -0.39 is 0 Å². The van der Waals surface area contributed by atoms with E-state index in [1.165, 1.54) is 24.0 Å². The van der Waals surface area contributed by atoms with Crippen LogP contribution in [0.5, 0.6) is 0 Å². The fourth-order valence-corrected chi connectivity index (χ4v) is 1.93. The maximum atomic E-state index is 4.46. The first-order chi connectivity index (χ1) is 9.31. The van der Waals surface area contributed by atoms with Gasteiger partial charge in [-0.1, -0.05) is 24.3 Å². The molecule has 0 bridgehead atoms. The molecule has 0 saturated heterocycles. The minimum absolute atomic E-state index is 0.576. The average molecular weight is 254 g/mol. The molecule has 2 N–H and O–H groups in total. The molecule has 3 rings (SSSR count). The molecule has 19 heavy (non-hydrogen) atoms. The van der Waals surface area contributed by atoms with E-state index in [0.29, 0.717) is 6.04 Å². The Hall–Kier alpha value is -2.10. The van der Waals surface area contributed by atoms with Crippen LogP contribution in [0.15, 0.2) is 36.5 Å². The van der Waals surface area contributed by atoms with E-state index >= 15 is 0 Å². The van der Waals surface area contributed by atoms with Crippen molar-refractivity contribution in [3.05, 3.63) is 47.7 Å². The predicted molar refractivity (Wildman–Crippen MR) is 77.2 cm³/mol. The summed E-state index contributed by atoms with van der Waals surface area (Å²) in [5.74, 6) is 1.58. The van der Waals surface area contributed by atoms with Gasteiger partial charge in [0.25, 0.3) is 0 Å². The molecule has 0 amide bonds. The predicted octanol–water partition coefficient (Wildman–Crippen LogP) is 2.97. The fourth-order valence-electron chi connectivity index (χ4n) is 1.93. The summed E-state index contributed by atoms with van der Waals surface area (Å²) in [6, 6.07) is 10.8. The highest BCUT2D eigenvalue weighted by Crippen LogP contribution is 2.23. The van der Waals surface area contributed by atoms with Crippen LogP contribution in [0.25, 0.3) is 0 Å². The number of benzene rings is 1. The molecule has 1 fully saturated rings. The van der Waals surface area contributed by atoms with Crippen molar-refractivity contribution in [1.82, 2.24) is 9.97 Å². The molecule has 2 aromatic rings. The lowest BCUT2D eigenvalue weighted by Crippen LogP contribution is -2.08. The Morgan fingerprint density at radius 3 is 2.84 bits per heavy atom. The van der Waals surface area contributed by atoms with Crippen LogP contribution < -0.4 is 10.6 Å². The Balaban J connectivity index is 1.64. The van der Waals surface area contributed by atoms with E-state index in [1.807, 2.05) is 6.07 Å². The van der Waals surface area contributed by atoms with Crippen molar-refractivity contribution in [1.29, 1.82) is 0 Å². The number of nitrogens with one attached hydrogen (secondary N) is 2. The quantitative estimate of drug-likeness (QED) is 0.861. The largest absolute Gasteiger partial charge is 0.366 e. The van der Waals surface area contributed by atoms with Gasteiger partial charge in [-0.3, -0.25) is 0 Å². The van der Waals surface area contributed by atoms with Crippen LogP contribution in [-0.2, 0) is 6.54 Å². The highest BCUT2D eigenvalue weighted by atomic mass is 15.2. The van der Waals surface area contributed by atoms with Gasteiger partial charge in [0.05, 0.1) is 0 Å². The molecule has 1 heterocycles. The highest BCUT2D eigenvalue weighted by Gasteiger charge is 2.21. The lowest BCUT2D eigenvalue weighted by atomic mass is 10.1. The van der Waals surface area contributed by atoms with E-state index in [2.05, 4.69) is 51.8 Å². The number of aryl methyl sites for hydroxylation is 1. The molecular formula is C15H18N4. The van der Waals surface area contributed by atoms with Gasteiger partial charge in [0.2, 0.25) is 5.95 Å². The van der Waals surface area contributed by atoms with Crippen LogP contribution in [0.2, 0.25) is 0 Å². The smallest absolute Gasteiger partial charge is 0.224 e. The summed E-state index contributed by atoms with van der Waals surface area (Å²) in [6.07, 6.45) is 4.24. The molecule has 1 aromatic carbocycles. The Kier molecular flexibility index (Phi) is 3.31. The van der Waals surface area contributed by atoms with Gasteiger partial charge in [0.1, 0.15) is 5.82 Å². The Morgan fingerprint density at radius 2 is 2.05 bits per heavy atom. The summed E-state index contributed by atoms with van der Waals surface area (Å²) in [6.45, 7) is 2.91. The SMILES string of the molecule is Cc1ccccc1CNc1ccnc(NC2CC2)n1. The number of nitrogens with zero attached hydrogens (tertiary/aromatic N) is 2. The first-order valence-corrected chi connectivity index (χ1v) is 6.69. The lowest BCUT2D eigenvalue weighted by molar-refractivity contribution is 1.03. The molecular weight excluding hydrogens is 236 g/mol. The molecule has 98 valence electrons. The fraction of sp³-hybridized carbons (Fsp3) is 0.333. The summed E-state index contributed by atoms with van der Waals surface area (Å²) in [7, 11) is 0. The monoisotopic (exact) mass is 254 g/mol. The highest BCUT2D eigenvalue weighted by molar-refractivity contribution is 5.41. The maximum absolute atomic E-state index is 4.46. The molecule has 0 spiro atoms. The van der Waals surface area contributed by atoms with Crippen LogP contribution in [0, 0.1) is 6.92 Å². The van der Waals surface area contributed by atoms with Crippen molar-refractivity contribution in [3.63, 3.8) is 0 Å². The van der Waals surface area contributed by atoms with Crippen LogP contribution in [0.1, 0.15) is 24.0 Å². The lowest BCUT2D eigenvalue weighted by Gasteiger charge is -2.09. The van der Waals surface area contributed by atoms with Gasteiger partial charge in [0, 0.05) is 18.8 Å². The number of hydrogen-bond donors (Lipinski definition) is 2. The molecule has 4 heteroatoms. The van der Waals surface area contributed by atoms with Crippen molar-refractivity contribution in [2.45, 2.75) is 32.4 Å². The number of hydrogen-bond acceptors (Lipinski definition) is 4. The third-order valence-electron chi connectivity index (χ3n) is 3.29. The second-order valence-corrected chi connectivity index (χ2v) is 4.96. The van der Waals surface area contributed by atoms with Crippen molar-refractivity contribution in [2.24, 2.45) is 0 Å². The second kappa shape index (κ2) is 5.26. The number of rotatable bonds is 5. The molecule has 1 saturated carbocycles. The molecule has 0 unspecified atom stereocenters. The summed E-state index contributed by atoms with van der Waals surface area (Å²) >= 11 is 0. The topological polar surface area (TPSA) is 49.8 Å². The first-order valence-electron chi connectivity index (χ1n) is 6.69. The maximum Gasteiger partial charge on any atom is 0.224 e. The minimum Gasteiger partial charge on any atom is -0.366 e. The summed E-state index contributed by atoms with van der Waals surface area (Å²) in [5, 5.41) is 6.65. The van der Waals surface area contributed by atoms with Gasteiger partial charge in [-0.15, -0.1) is 0 Å². The molecule has 0 aliphatic heterocycles. The van der Waals surface area contributed by atoms with Crippen molar-refractivity contribution in [2.75, 3.05) is 10.6 Å². The Bertz CT molecular complexity index is 564. The second-order valence-electron chi connectivity index (χ2n) is 4.96. The zero-order valence-corrected chi connectivity index (χ0v) is 11.1. The normalized spacial score (nSPS) is 14.2. The van der Waals surface area contributed by atoms with E-state index in [4.69, 9.17) is 0 Å². The Labute approximate surface area is 113 Å². The van der Waals surface area contributed by atoms with Crippen LogP contribution >= 0.6 is 0 Å². The Morgan fingerprint density at radius 1 is 1.21 bits per heavy atom. The van der Waals surface area contributed by atoms with Gasteiger partial charge < -0.3 is 10.6 Å². The van der Waals surface area contributed by atoms with Gasteiger partial charge in [-0.2, -0.15) is 4.98 Å². The van der Waals surface area contributed by atoms with Crippen molar-refractivity contribution >= 4 is 11.8 Å². The van der Waals surface area contributed by atoms with Crippen LogP contribution in [-0.4, -0.2) is 16.0 Å². The minimum atomic E-state index is 0.576. The zero-order valence-electron chi connectivity index (χ0n) is 11.1. The van der Waals surface area contributed by atoms with Crippen molar-refractivity contribution < 1.29 is 0 Å². The van der Waals surface area contributed by atoms with E-state index in [-0.39, 0.29) is 0 Å². The van der Waals surface area contributed by atoms with E-state index in [1.54, 1.807) is 6.20 Å². The van der Waals surface area contributed by atoms with Crippen LogP contribution in [0.4, 0.5) is 11.8 Å². The molecule has 0 atom stereocenters. The molecule has 4 nitrogen and oxygen atoms in total. The van der Waals surface area contributed by atoms with Gasteiger partial charge in [-0.05, 0) is 37.0 Å². The third kappa shape index (κ3) is 3.22. The molecule has 1 aliphatic carbocycles. The zero-order chi connectivity index (χ0) is 13.1. The van der Waals surface area contributed by atoms with E-state index in [0.717, 1.165) is 18.3 Å². The van der Waals surface area contributed by atoms with E-state index in [9.17, 15) is 0 Å². The van der Waals surface area contributed by atoms with Gasteiger partial charge in [0.15, 0.2) is 0 Å². The number of aromatic nitrogens is 2. The average Bonchev–Trinajstić information content (AvgIpc) is 3.22. The standard InChI is InChI=1S/C15H18N4/c1-11-4-2-3-5-12(11)10-17-14-8-9-16-15(19-14)18-13-6-7-13/h2-5,8-9,13H,6-7,10H2,1H3,(H2,16,17,18,19). The van der Waals surface area contributed by atoms with Crippen LogP contribution in [0.3, 0.4) is 0 Å². The molecule has 1 aliphatic rings. The van der Waals surface area contributed by atoms with Crippen molar-refractivity contribution in [3.8, 4) is 0 Å². The first kappa shape index (κ1) is 12.0. The summed E-state index contributed by atoms with van der Waals surface area (Å²) in [5.41, 5.74) is 2.58. The molecule has 0 radical (unpaired) electrons. The molecule has 1 aromatic heterocycles. The summed E-state index contributed by atoms with van der Waals surface area (Å²) in [4.78, 5) is 8.69. The van der Waals surface area contributed by atoms with Gasteiger partial charge in [-0.25, -0.2) is 4.98 Å². The third-order valence-corrected chi connectivity index (χ3v) is 3.29. The van der Waals surface area contributed by atoms with Gasteiger partial charge >= 0.3 is 0 Å². The summed E-state index contributed by atoms with van der Waals surface area (Å²) < 4.78 is 0. The number of anilines is 2.